The average Bonchev–Trinajstić information content (AvgIpc) is 2.57. The zero-order valence-electron chi connectivity index (χ0n) is 8.19. The molecule has 1 unspecified atom stereocenters. The van der Waals surface area contributed by atoms with Crippen LogP contribution in [0, 0.1) is 5.92 Å². The fraction of sp³-hybridized carbons (Fsp3) is 0.300. The molecular formula is C10H10N2O3. The number of aliphatic imine (C=N–C) groups is 1. The van der Waals surface area contributed by atoms with Crippen LogP contribution in [0.5, 0.6) is 0 Å². The third-order valence-electron chi connectivity index (χ3n) is 2.11. The number of carbonyl (C=O) groups is 2. The number of rotatable bonds is 2. The highest BCUT2D eigenvalue weighted by Crippen LogP contribution is 2.17. The van der Waals surface area contributed by atoms with Crippen molar-refractivity contribution in [1.29, 1.82) is 0 Å². The van der Waals surface area contributed by atoms with Gasteiger partial charge in [0.25, 0.3) is 0 Å². The first-order chi connectivity index (χ1) is 7.20. The van der Waals surface area contributed by atoms with Gasteiger partial charge in [-0.25, -0.2) is 4.79 Å². The van der Waals surface area contributed by atoms with E-state index in [1.54, 1.807) is 25.2 Å². The van der Waals surface area contributed by atoms with Crippen molar-refractivity contribution in [1.82, 2.24) is 5.32 Å². The second-order valence-corrected chi connectivity index (χ2v) is 3.14. The number of fused-ring (bicyclic) bond motifs is 1. The molecule has 0 fully saturated rings. The van der Waals surface area contributed by atoms with Gasteiger partial charge in [0.2, 0.25) is 0 Å². The number of carbonyl (C=O) groups excluding carboxylic acids is 2. The molecule has 5 heteroatoms. The zero-order chi connectivity index (χ0) is 10.8. The molecule has 78 valence electrons. The van der Waals surface area contributed by atoms with Crippen LogP contribution >= 0.6 is 0 Å². The van der Waals surface area contributed by atoms with Gasteiger partial charge in [-0.1, -0.05) is 6.08 Å². The van der Waals surface area contributed by atoms with Crippen LogP contribution in [0.1, 0.15) is 6.92 Å². The molecule has 0 aromatic carbocycles. The monoisotopic (exact) mass is 206 g/mol. The summed E-state index contributed by atoms with van der Waals surface area (Å²) in [6.07, 6.45) is 4.96. The summed E-state index contributed by atoms with van der Waals surface area (Å²) < 4.78 is 4.87. The van der Waals surface area contributed by atoms with Crippen molar-refractivity contribution in [3.05, 3.63) is 23.9 Å². The molecule has 1 aliphatic carbocycles. The predicted molar refractivity (Wildman–Crippen MR) is 53.3 cm³/mol. The molecule has 0 radical (unpaired) electrons. The molecule has 1 atom stereocenters. The Balaban J connectivity index is 2.16. The highest BCUT2D eigenvalue weighted by atomic mass is 16.5. The SMILES string of the molecule is CCOC(=O)C1C=CC2=NC(=O)NC2=C1. The Hall–Kier alpha value is -1.91. The van der Waals surface area contributed by atoms with Crippen LogP contribution in [0.25, 0.3) is 0 Å². The maximum atomic E-state index is 11.4. The van der Waals surface area contributed by atoms with Crippen LogP contribution in [-0.2, 0) is 9.53 Å². The Labute approximate surface area is 86.5 Å². The van der Waals surface area contributed by atoms with E-state index in [1.165, 1.54) is 0 Å². The normalized spacial score (nSPS) is 22.7. The second kappa shape index (κ2) is 3.68. The van der Waals surface area contributed by atoms with Crippen molar-refractivity contribution in [2.75, 3.05) is 6.61 Å². The number of hydrogen-bond acceptors (Lipinski definition) is 3. The quantitative estimate of drug-likeness (QED) is 0.679. The lowest BCUT2D eigenvalue weighted by atomic mass is 10.0. The van der Waals surface area contributed by atoms with Crippen molar-refractivity contribution in [3.63, 3.8) is 0 Å². The van der Waals surface area contributed by atoms with E-state index in [2.05, 4.69) is 10.3 Å². The molecule has 0 bridgehead atoms. The van der Waals surface area contributed by atoms with E-state index in [1.807, 2.05) is 0 Å². The lowest BCUT2D eigenvalue weighted by Gasteiger charge is -2.12. The first-order valence-corrected chi connectivity index (χ1v) is 4.67. The zero-order valence-corrected chi connectivity index (χ0v) is 8.19. The summed E-state index contributed by atoms with van der Waals surface area (Å²) in [5, 5.41) is 2.54. The minimum absolute atomic E-state index is 0.318. The van der Waals surface area contributed by atoms with E-state index >= 15 is 0 Å². The maximum Gasteiger partial charge on any atom is 0.346 e. The summed E-state index contributed by atoms with van der Waals surface area (Å²) in [5.74, 6) is -0.751. The minimum atomic E-state index is -0.433. The molecule has 0 saturated carbocycles. The Morgan fingerprint density at radius 2 is 2.47 bits per heavy atom. The van der Waals surface area contributed by atoms with Crippen LogP contribution in [-0.4, -0.2) is 24.3 Å². The molecule has 1 heterocycles. The molecule has 2 rings (SSSR count). The number of ether oxygens (including phenoxy) is 1. The summed E-state index contributed by atoms with van der Waals surface area (Å²) in [5.41, 5.74) is 1.15. The van der Waals surface area contributed by atoms with Gasteiger partial charge in [0.05, 0.1) is 23.9 Å². The van der Waals surface area contributed by atoms with Crippen molar-refractivity contribution in [2.24, 2.45) is 10.9 Å². The van der Waals surface area contributed by atoms with Gasteiger partial charge >= 0.3 is 12.0 Å². The summed E-state index contributed by atoms with van der Waals surface area (Å²) in [4.78, 5) is 26.0. The fourth-order valence-electron chi connectivity index (χ4n) is 1.45. The third kappa shape index (κ3) is 1.81. The van der Waals surface area contributed by atoms with Crippen molar-refractivity contribution in [2.45, 2.75) is 6.92 Å². The average molecular weight is 206 g/mol. The van der Waals surface area contributed by atoms with Gasteiger partial charge in [0.15, 0.2) is 0 Å². The van der Waals surface area contributed by atoms with E-state index in [0.29, 0.717) is 18.0 Å². The molecule has 0 aromatic rings. The molecular weight excluding hydrogens is 196 g/mol. The standard InChI is InChI=1S/C10H10N2O3/c1-2-15-9(13)6-3-4-7-8(5-6)12-10(14)11-7/h3-6H,2H2,1H3,(H,12,14). The van der Waals surface area contributed by atoms with Gasteiger partial charge in [-0.3, -0.25) is 4.79 Å². The Kier molecular flexibility index (Phi) is 2.37. The Morgan fingerprint density at radius 1 is 1.67 bits per heavy atom. The van der Waals surface area contributed by atoms with Gasteiger partial charge in [-0.15, -0.1) is 0 Å². The minimum Gasteiger partial charge on any atom is -0.465 e. The first kappa shape index (κ1) is 9.64. The van der Waals surface area contributed by atoms with E-state index in [-0.39, 0.29) is 5.97 Å². The van der Waals surface area contributed by atoms with Crippen LogP contribution < -0.4 is 5.32 Å². The van der Waals surface area contributed by atoms with E-state index in [4.69, 9.17) is 4.74 Å². The number of nitrogens with one attached hydrogen (secondary N) is 1. The predicted octanol–water partition coefficient (Wildman–Crippen LogP) is 0.784. The van der Waals surface area contributed by atoms with E-state index in [9.17, 15) is 9.59 Å². The number of esters is 1. The fourth-order valence-corrected chi connectivity index (χ4v) is 1.45. The number of amides is 2. The van der Waals surface area contributed by atoms with Crippen molar-refractivity contribution in [3.8, 4) is 0 Å². The second-order valence-electron chi connectivity index (χ2n) is 3.14. The highest BCUT2D eigenvalue weighted by Gasteiger charge is 2.25. The largest absolute Gasteiger partial charge is 0.465 e. The third-order valence-corrected chi connectivity index (χ3v) is 2.11. The molecule has 1 aliphatic heterocycles. The molecule has 0 saturated heterocycles. The topological polar surface area (TPSA) is 67.8 Å². The highest BCUT2D eigenvalue weighted by molar-refractivity contribution is 6.19. The van der Waals surface area contributed by atoms with Gasteiger partial charge in [-0.05, 0) is 19.1 Å². The summed E-state index contributed by atoms with van der Waals surface area (Å²) >= 11 is 0. The lowest BCUT2D eigenvalue weighted by Crippen LogP contribution is -2.22. The maximum absolute atomic E-state index is 11.4. The molecule has 1 N–H and O–H groups in total. The van der Waals surface area contributed by atoms with Gasteiger partial charge < -0.3 is 10.1 Å². The molecule has 0 aromatic heterocycles. The molecule has 0 spiro atoms. The van der Waals surface area contributed by atoms with Crippen molar-refractivity contribution < 1.29 is 14.3 Å². The molecule has 5 nitrogen and oxygen atoms in total. The van der Waals surface area contributed by atoms with E-state index in [0.717, 1.165) is 0 Å². The summed E-state index contributed by atoms with van der Waals surface area (Å²) in [6.45, 7) is 2.10. The number of nitrogens with zero attached hydrogens (tertiary/aromatic N) is 1. The van der Waals surface area contributed by atoms with Crippen molar-refractivity contribution >= 4 is 17.7 Å². The number of urea groups is 1. The van der Waals surface area contributed by atoms with Crippen LogP contribution in [0.2, 0.25) is 0 Å². The summed E-state index contributed by atoms with van der Waals surface area (Å²) in [6, 6.07) is -0.398. The smallest absolute Gasteiger partial charge is 0.346 e. The van der Waals surface area contributed by atoms with E-state index < -0.39 is 11.9 Å². The Morgan fingerprint density at radius 3 is 3.20 bits per heavy atom. The lowest BCUT2D eigenvalue weighted by molar-refractivity contribution is -0.144. The molecule has 2 aliphatic rings. The van der Waals surface area contributed by atoms with Crippen LogP contribution in [0.4, 0.5) is 4.79 Å². The first-order valence-electron chi connectivity index (χ1n) is 4.67. The number of allylic oxidation sites excluding steroid dienone is 1. The Bertz CT molecular complexity index is 407. The van der Waals surface area contributed by atoms with Crippen LogP contribution in [0.15, 0.2) is 28.9 Å². The van der Waals surface area contributed by atoms with Gasteiger partial charge in [-0.2, -0.15) is 4.99 Å². The molecule has 15 heavy (non-hydrogen) atoms. The number of hydrogen-bond donors (Lipinski definition) is 1. The van der Waals surface area contributed by atoms with Gasteiger partial charge in [0, 0.05) is 0 Å². The van der Waals surface area contributed by atoms with Crippen LogP contribution in [0.3, 0.4) is 0 Å². The van der Waals surface area contributed by atoms with Gasteiger partial charge in [0.1, 0.15) is 0 Å². The molecule has 2 amide bonds. The summed E-state index contributed by atoms with van der Waals surface area (Å²) in [7, 11) is 0.